The van der Waals surface area contributed by atoms with E-state index in [0.29, 0.717) is 0 Å². The molecule has 1 aromatic heterocycles. The Morgan fingerprint density at radius 2 is 1.90 bits per heavy atom. The Morgan fingerprint density at radius 1 is 1.33 bits per heavy atom. The van der Waals surface area contributed by atoms with Gasteiger partial charge in [0.2, 0.25) is 5.88 Å². The van der Waals surface area contributed by atoms with Crippen LogP contribution in [0.1, 0.15) is 35.5 Å². The summed E-state index contributed by atoms with van der Waals surface area (Å²) in [6, 6.07) is 1.54. The van der Waals surface area contributed by atoms with E-state index in [2.05, 4.69) is 4.98 Å². The molecule has 0 N–H and O–H groups in total. The first-order valence-electron chi connectivity index (χ1n) is 5.80. The molecule has 0 bridgehead atoms. The molecule has 21 heavy (non-hydrogen) atoms. The topological polar surface area (TPSA) is 95.3 Å². The Morgan fingerprint density at radius 3 is 2.29 bits per heavy atom. The van der Waals surface area contributed by atoms with Crippen LogP contribution in [-0.4, -0.2) is 24.2 Å². The Kier molecular flexibility index (Phi) is 4.97. The van der Waals surface area contributed by atoms with Gasteiger partial charge >= 0.3 is 6.18 Å². The van der Waals surface area contributed by atoms with E-state index in [9.17, 15) is 23.1 Å². The van der Waals surface area contributed by atoms with Crippen LogP contribution in [0.4, 0.5) is 13.2 Å². The molecule has 0 aromatic carbocycles. The molecule has 1 heterocycles. The molecule has 1 aromatic rings. The Hall–Kier alpha value is -2.50. The fourth-order valence-corrected chi connectivity index (χ4v) is 1.57. The SMILES string of the molecule is CCOc1nc(C(F)(F)F)c(C(=O)[O-])c(OCC)c1C#N. The normalized spacial score (nSPS) is 10.9. The second-order valence-corrected chi connectivity index (χ2v) is 3.61. The zero-order valence-electron chi connectivity index (χ0n) is 11.1. The molecule has 0 aliphatic carbocycles. The van der Waals surface area contributed by atoms with Gasteiger partial charge in [-0.15, -0.1) is 0 Å². The summed E-state index contributed by atoms with van der Waals surface area (Å²) >= 11 is 0. The first-order valence-corrected chi connectivity index (χ1v) is 5.80. The highest BCUT2D eigenvalue weighted by molar-refractivity contribution is 5.92. The van der Waals surface area contributed by atoms with Gasteiger partial charge in [-0.3, -0.25) is 0 Å². The van der Waals surface area contributed by atoms with Crippen molar-refractivity contribution in [2.75, 3.05) is 13.2 Å². The molecule has 6 nitrogen and oxygen atoms in total. The average molecular weight is 303 g/mol. The van der Waals surface area contributed by atoms with Crippen LogP contribution < -0.4 is 14.6 Å². The predicted octanol–water partition coefficient (Wildman–Crippen LogP) is 1.13. The first-order chi connectivity index (χ1) is 9.77. The largest absolute Gasteiger partial charge is 0.545 e. The standard InChI is InChI=1S/C12H11F3N2O4/c1-3-20-8-6(5-16)10(21-4-2)17-9(12(13,14)15)7(8)11(18)19/h3-4H2,1-2H3,(H,18,19)/p-1. The number of carboxylic acid groups (broad SMARTS) is 1. The summed E-state index contributed by atoms with van der Waals surface area (Å²) in [7, 11) is 0. The van der Waals surface area contributed by atoms with Crippen LogP contribution in [0, 0.1) is 11.3 Å². The number of halogens is 3. The molecule has 0 aliphatic heterocycles. The van der Waals surface area contributed by atoms with E-state index in [0.717, 1.165) is 0 Å². The molecular formula is C12H10F3N2O4-. The highest BCUT2D eigenvalue weighted by Gasteiger charge is 2.39. The molecule has 9 heteroatoms. The number of alkyl halides is 3. The van der Waals surface area contributed by atoms with Crippen molar-refractivity contribution in [2.24, 2.45) is 0 Å². The van der Waals surface area contributed by atoms with E-state index in [1.807, 2.05) is 0 Å². The maximum atomic E-state index is 12.9. The van der Waals surface area contributed by atoms with Gasteiger partial charge in [-0.1, -0.05) is 0 Å². The Labute approximate surface area is 117 Å². The van der Waals surface area contributed by atoms with Gasteiger partial charge in [0.15, 0.2) is 17.0 Å². The third-order valence-electron chi connectivity index (χ3n) is 2.27. The van der Waals surface area contributed by atoms with Gasteiger partial charge in [0.25, 0.3) is 0 Å². The molecule has 0 amide bonds. The van der Waals surface area contributed by atoms with E-state index in [1.165, 1.54) is 19.9 Å². The molecule has 0 aliphatic rings. The number of aromatic carboxylic acids is 1. The number of carboxylic acids is 1. The molecule has 1 rings (SSSR count). The number of pyridine rings is 1. The van der Waals surface area contributed by atoms with Crippen molar-refractivity contribution in [3.8, 4) is 17.7 Å². The summed E-state index contributed by atoms with van der Waals surface area (Å²) in [5.74, 6) is -3.54. The van der Waals surface area contributed by atoms with Gasteiger partial charge in [0.1, 0.15) is 6.07 Å². The third-order valence-corrected chi connectivity index (χ3v) is 2.27. The van der Waals surface area contributed by atoms with Crippen LogP contribution >= 0.6 is 0 Å². The minimum Gasteiger partial charge on any atom is -0.545 e. The number of carbonyl (C=O) groups is 1. The molecule has 114 valence electrons. The number of carbonyl (C=O) groups excluding carboxylic acids is 1. The van der Waals surface area contributed by atoms with E-state index < -0.39 is 40.6 Å². The molecule has 0 spiro atoms. The van der Waals surface area contributed by atoms with Crippen LogP contribution in [0.2, 0.25) is 0 Å². The molecule has 0 unspecified atom stereocenters. The lowest BCUT2D eigenvalue weighted by Crippen LogP contribution is -2.29. The Bertz CT molecular complexity index is 594. The number of hydrogen-bond acceptors (Lipinski definition) is 6. The van der Waals surface area contributed by atoms with Crippen LogP contribution in [0.25, 0.3) is 0 Å². The van der Waals surface area contributed by atoms with Crippen molar-refractivity contribution < 1.29 is 32.5 Å². The summed E-state index contributed by atoms with van der Waals surface area (Å²) in [4.78, 5) is 14.1. The number of ether oxygens (including phenoxy) is 2. The summed E-state index contributed by atoms with van der Waals surface area (Å²) < 4.78 is 48.6. The maximum Gasteiger partial charge on any atom is 0.434 e. The van der Waals surface area contributed by atoms with Crippen molar-refractivity contribution in [1.29, 1.82) is 5.26 Å². The lowest BCUT2D eigenvalue weighted by Gasteiger charge is -2.19. The monoisotopic (exact) mass is 303 g/mol. The molecule has 0 atom stereocenters. The van der Waals surface area contributed by atoms with E-state index in [-0.39, 0.29) is 13.2 Å². The van der Waals surface area contributed by atoms with Crippen molar-refractivity contribution in [2.45, 2.75) is 20.0 Å². The zero-order valence-corrected chi connectivity index (χ0v) is 11.1. The van der Waals surface area contributed by atoms with Crippen LogP contribution in [0.5, 0.6) is 11.6 Å². The van der Waals surface area contributed by atoms with Gasteiger partial charge in [-0.25, -0.2) is 4.98 Å². The number of aromatic nitrogens is 1. The van der Waals surface area contributed by atoms with E-state index >= 15 is 0 Å². The molecular weight excluding hydrogens is 293 g/mol. The predicted molar refractivity (Wildman–Crippen MR) is 60.6 cm³/mol. The average Bonchev–Trinajstić information content (AvgIpc) is 2.37. The van der Waals surface area contributed by atoms with Crippen LogP contribution in [0.3, 0.4) is 0 Å². The lowest BCUT2D eigenvalue weighted by molar-refractivity contribution is -0.256. The van der Waals surface area contributed by atoms with Crippen LogP contribution in [-0.2, 0) is 6.18 Å². The van der Waals surface area contributed by atoms with Gasteiger partial charge in [-0.05, 0) is 13.8 Å². The van der Waals surface area contributed by atoms with Gasteiger partial charge < -0.3 is 19.4 Å². The smallest absolute Gasteiger partial charge is 0.434 e. The summed E-state index contributed by atoms with van der Waals surface area (Å²) in [6.45, 7) is 2.69. The highest BCUT2D eigenvalue weighted by atomic mass is 19.4. The molecule has 0 radical (unpaired) electrons. The van der Waals surface area contributed by atoms with Gasteiger partial charge in [-0.2, -0.15) is 18.4 Å². The highest BCUT2D eigenvalue weighted by Crippen LogP contribution is 2.39. The van der Waals surface area contributed by atoms with Crippen LogP contribution in [0.15, 0.2) is 0 Å². The lowest BCUT2D eigenvalue weighted by atomic mass is 10.1. The minimum absolute atomic E-state index is 0.0603. The van der Waals surface area contributed by atoms with E-state index in [4.69, 9.17) is 14.7 Å². The molecule has 0 saturated carbocycles. The van der Waals surface area contributed by atoms with E-state index in [1.54, 1.807) is 0 Å². The zero-order chi connectivity index (χ0) is 16.2. The summed E-state index contributed by atoms with van der Waals surface area (Å²) in [5.41, 5.74) is -3.57. The maximum absolute atomic E-state index is 12.9. The number of rotatable bonds is 5. The van der Waals surface area contributed by atoms with Crippen molar-refractivity contribution in [1.82, 2.24) is 4.98 Å². The summed E-state index contributed by atoms with van der Waals surface area (Å²) in [6.07, 6.45) is -5.07. The second-order valence-electron chi connectivity index (χ2n) is 3.61. The summed E-state index contributed by atoms with van der Waals surface area (Å²) in [5, 5.41) is 20.0. The number of nitrogens with zero attached hydrogens (tertiary/aromatic N) is 2. The van der Waals surface area contributed by atoms with Gasteiger partial charge in [0.05, 0.1) is 24.7 Å². The Balaban J connectivity index is 3.81. The fourth-order valence-electron chi connectivity index (χ4n) is 1.57. The third kappa shape index (κ3) is 3.34. The fraction of sp³-hybridized carbons (Fsp3) is 0.417. The molecule has 0 saturated heterocycles. The number of hydrogen-bond donors (Lipinski definition) is 0. The molecule has 0 fully saturated rings. The first kappa shape index (κ1) is 16.6. The second kappa shape index (κ2) is 6.30. The van der Waals surface area contributed by atoms with Crippen molar-refractivity contribution in [3.63, 3.8) is 0 Å². The minimum atomic E-state index is -5.07. The number of nitriles is 1. The van der Waals surface area contributed by atoms with Crippen molar-refractivity contribution >= 4 is 5.97 Å². The van der Waals surface area contributed by atoms with Gasteiger partial charge in [0, 0.05) is 0 Å². The van der Waals surface area contributed by atoms with Crippen molar-refractivity contribution in [3.05, 3.63) is 16.8 Å². The quantitative estimate of drug-likeness (QED) is 0.809.